The van der Waals surface area contributed by atoms with Gasteiger partial charge in [0.15, 0.2) is 10.7 Å². The maximum absolute atomic E-state index is 12.4. The molecule has 1 amide bonds. The van der Waals surface area contributed by atoms with Crippen LogP contribution in [0.4, 0.5) is 5.13 Å². The lowest BCUT2D eigenvalue weighted by Gasteiger charge is -2.03. The Kier molecular flexibility index (Phi) is 4.73. The Balaban J connectivity index is 1.52. The van der Waals surface area contributed by atoms with Gasteiger partial charge in [-0.1, -0.05) is 35.3 Å². The van der Waals surface area contributed by atoms with Crippen molar-refractivity contribution in [3.63, 3.8) is 0 Å². The van der Waals surface area contributed by atoms with E-state index < -0.39 is 11.7 Å². The SMILES string of the molecule is O=C(Cn1c(=O)oc2ccc(Cl)cc21)Nc1nc(-c2ccc(Cl)cc2)cs1. The number of carbonyl (C=O) groups is 1. The van der Waals surface area contributed by atoms with Gasteiger partial charge < -0.3 is 9.73 Å². The average molecular weight is 420 g/mol. The Morgan fingerprint density at radius 1 is 1.15 bits per heavy atom. The number of aromatic nitrogens is 2. The average Bonchev–Trinajstić information content (AvgIpc) is 3.21. The van der Waals surface area contributed by atoms with Crippen molar-refractivity contribution in [3.8, 4) is 11.3 Å². The maximum atomic E-state index is 12.4. The molecular formula is C18H11Cl2N3O3S. The quantitative estimate of drug-likeness (QED) is 0.521. The molecule has 0 bridgehead atoms. The molecule has 0 saturated carbocycles. The van der Waals surface area contributed by atoms with E-state index in [0.717, 1.165) is 11.3 Å². The summed E-state index contributed by atoms with van der Waals surface area (Å²) in [5, 5.41) is 6.05. The van der Waals surface area contributed by atoms with Crippen LogP contribution in [0, 0.1) is 0 Å². The van der Waals surface area contributed by atoms with Crippen LogP contribution >= 0.6 is 34.5 Å². The minimum absolute atomic E-state index is 0.206. The van der Waals surface area contributed by atoms with Gasteiger partial charge in [0.25, 0.3) is 0 Å². The Hall–Kier alpha value is -2.61. The van der Waals surface area contributed by atoms with E-state index >= 15 is 0 Å². The van der Waals surface area contributed by atoms with Crippen molar-refractivity contribution >= 4 is 56.7 Å². The highest BCUT2D eigenvalue weighted by Gasteiger charge is 2.14. The van der Waals surface area contributed by atoms with Crippen molar-refractivity contribution in [1.82, 2.24) is 9.55 Å². The summed E-state index contributed by atoms with van der Waals surface area (Å²) >= 11 is 13.1. The Morgan fingerprint density at radius 2 is 1.89 bits per heavy atom. The third kappa shape index (κ3) is 3.75. The van der Waals surface area contributed by atoms with Crippen molar-refractivity contribution in [2.75, 3.05) is 5.32 Å². The van der Waals surface area contributed by atoms with Crippen LogP contribution in [0.2, 0.25) is 10.0 Å². The number of rotatable bonds is 4. The molecule has 4 rings (SSSR count). The standard InChI is InChI=1S/C18H11Cl2N3O3S/c19-11-3-1-10(2-4-11)13-9-27-17(21-13)22-16(24)8-23-14-7-12(20)5-6-15(14)26-18(23)25/h1-7,9H,8H2,(H,21,22,24). The summed E-state index contributed by atoms with van der Waals surface area (Å²) in [6, 6.07) is 12.0. The number of nitrogens with zero attached hydrogens (tertiary/aromatic N) is 2. The summed E-state index contributed by atoms with van der Waals surface area (Å²) in [5.74, 6) is -1.01. The summed E-state index contributed by atoms with van der Waals surface area (Å²) in [6.07, 6.45) is 0. The smallest absolute Gasteiger partial charge is 0.408 e. The molecule has 0 aliphatic rings. The van der Waals surface area contributed by atoms with Crippen LogP contribution in [0.25, 0.3) is 22.4 Å². The normalized spacial score (nSPS) is 11.0. The molecule has 0 atom stereocenters. The summed E-state index contributed by atoms with van der Waals surface area (Å²) in [4.78, 5) is 28.7. The van der Waals surface area contributed by atoms with Gasteiger partial charge in [-0.3, -0.25) is 9.36 Å². The van der Waals surface area contributed by atoms with Crippen LogP contribution in [0.1, 0.15) is 0 Å². The first-order valence-corrected chi connectivity index (χ1v) is 9.43. The molecule has 0 unspecified atom stereocenters. The molecule has 0 spiro atoms. The Morgan fingerprint density at radius 3 is 2.67 bits per heavy atom. The zero-order valence-corrected chi connectivity index (χ0v) is 15.9. The topological polar surface area (TPSA) is 77.1 Å². The van der Waals surface area contributed by atoms with E-state index in [1.807, 2.05) is 17.5 Å². The molecule has 136 valence electrons. The maximum Gasteiger partial charge on any atom is 0.420 e. The van der Waals surface area contributed by atoms with Gasteiger partial charge in [0.05, 0.1) is 11.2 Å². The van der Waals surface area contributed by atoms with Gasteiger partial charge in [0.1, 0.15) is 6.54 Å². The number of amides is 1. The zero-order chi connectivity index (χ0) is 19.0. The molecular weight excluding hydrogens is 409 g/mol. The van der Waals surface area contributed by atoms with Crippen LogP contribution in [-0.4, -0.2) is 15.5 Å². The lowest BCUT2D eigenvalue weighted by atomic mass is 10.2. The third-order valence-electron chi connectivity index (χ3n) is 3.82. The van der Waals surface area contributed by atoms with Crippen LogP contribution < -0.4 is 11.1 Å². The van der Waals surface area contributed by atoms with E-state index in [0.29, 0.717) is 26.3 Å². The fraction of sp³-hybridized carbons (Fsp3) is 0.0556. The number of hydrogen-bond acceptors (Lipinski definition) is 5. The van der Waals surface area contributed by atoms with Gasteiger partial charge in [-0.05, 0) is 30.3 Å². The summed E-state index contributed by atoms with van der Waals surface area (Å²) < 4.78 is 6.35. The number of hydrogen-bond donors (Lipinski definition) is 1. The molecule has 6 nitrogen and oxygen atoms in total. The van der Waals surface area contributed by atoms with Crippen molar-refractivity contribution in [2.45, 2.75) is 6.54 Å². The van der Waals surface area contributed by atoms with Crippen LogP contribution in [0.5, 0.6) is 0 Å². The number of nitrogens with one attached hydrogen (secondary N) is 1. The highest BCUT2D eigenvalue weighted by molar-refractivity contribution is 7.14. The number of oxazole rings is 1. The molecule has 2 aromatic heterocycles. The van der Waals surface area contributed by atoms with E-state index in [1.165, 1.54) is 15.9 Å². The third-order valence-corrected chi connectivity index (χ3v) is 5.07. The fourth-order valence-corrected chi connectivity index (χ4v) is 3.60. The summed E-state index contributed by atoms with van der Waals surface area (Å²) in [7, 11) is 0. The van der Waals surface area contributed by atoms with E-state index in [2.05, 4.69) is 10.3 Å². The van der Waals surface area contributed by atoms with Gasteiger partial charge >= 0.3 is 5.76 Å². The first-order valence-electron chi connectivity index (χ1n) is 7.80. The predicted molar refractivity (Wildman–Crippen MR) is 107 cm³/mol. The van der Waals surface area contributed by atoms with E-state index in [1.54, 1.807) is 30.3 Å². The molecule has 1 N–H and O–H groups in total. The Labute approximate surface area is 167 Å². The van der Waals surface area contributed by atoms with Crippen molar-refractivity contribution in [1.29, 1.82) is 0 Å². The fourth-order valence-electron chi connectivity index (χ4n) is 2.57. The molecule has 27 heavy (non-hydrogen) atoms. The predicted octanol–water partition coefficient (Wildman–Crippen LogP) is 4.66. The molecule has 9 heteroatoms. The highest BCUT2D eigenvalue weighted by Crippen LogP contribution is 2.26. The van der Waals surface area contributed by atoms with E-state index in [9.17, 15) is 9.59 Å². The van der Waals surface area contributed by atoms with Gasteiger partial charge in [-0.2, -0.15) is 0 Å². The molecule has 0 fully saturated rings. The van der Waals surface area contributed by atoms with Crippen molar-refractivity contribution < 1.29 is 9.21 Å². The van der Waals surface area contributed by atoms with Crippen molar-refractivity contribution in [3.05, 3.63) is 68.4 Å². The summed E-state index contributed by atoms with van der Waals surface area (Å²) in [5.41, 5.74) is 2.45. The van der Waals surface area contributed by atoms with E-state index in [-0.39, 0.29) is 6.54 Å². The first kappa shape index (κ1) is 17.8. The van der Waals surface area contributed by atoms with Gasteiger partial charge in [0, 0.05) is 21.0 Å². The molecule has 0 saturated heterocycles. The minimum Gasteiger partial charge on any atom is -0.408 e. The molecule has 0 radical (unpaired) electrons. The minimum atomic E-state index is -0.622. The number of carbonyl (C=O) groups excluding carboxylic acids is 1. The number of fused-ring (bicyclic) bond motifs is 1. The zero-order valence-electron chi connectivity index (χ0n) is 13.6. The lowest BCUT2D eigenvalue weighted by molar-refractivity contribution is -0.116. The number of thiazole rings is 1. The van der Waals surface area contributed by atoms with Crippen molar-refractivity contribution in [2.24, 2.45) is 0 Å². The van der Waals surface area contributed by atoms with E-state index in [4.69, 9.17) is 27.6 Å². The Bertz CT molecular complexity index is 1190. The second kappa shape index (κ2) is 7.19. The van der Waals surface area contributed by atoms with Gasteiger partial charge in [-0.15, -0.1) is 11.3 Å². The highest BCUT2D eigenvalue weighted by atomic mass is 35.5. The van der Waals surface area contributed by atoms with Crippen LogP contribution in [0.3, 0.4) is 0 Å². The molecule has 4 aromatic rings. The first-order chi connectivity index (χ1) is 13.0. The monoisotopic (exact) mass is 419 g/mol. The number of halogens is 2. The number of anilines is 1. The van der Waals surface area contributed by atoms with Crippen LogP contribution in [-0.2, 0) is 11.3 Å². The number of benzene rings is 2. The van der Waals surface area contributed by atoms with Crippen LogP contribution in [0.15, 0.2) is 57.1 Å². The molecule has 2 aromatic carbocycles. The lowest BCUT2D eigenvalue weighted by Crippen LogP contribution is -2.24. The second-order valence-corrected chi connectivity index (χ2v) is 7.39. The van der Waals surface area contributed by atoms with Gasteiger partial charge in [-0.25, -0.2) is 9.78 Å². The second-order valence-electron chi connectivity index (χ2n) is 5.66. The van der Waals surface area contributed by atoms with Gasteiger partial charge in [0.2, 0.25) is 5.91 Å². The molecule has 0 aliphatic carbocycles. The molecule has 2 heterocycles. The summed E-state index contributed by atoms with van der Waals surface area (Å²) in [6.45, 7) is -0.206. The molecule has 0 aliphatic heterocycles. The largest absolute Gasteiger partial charge is 0.420 e.